The van der Waals surface area contributed by atoms with Gasteiger partial charge in [-0.1, -0.05) is 17.3 Å². The zero-order valence-corrected chi connectivity index (χ0v) is 17.3. The molecule has 0 atom stereocenters. The fraction of sp³-hybridized carbons (Fsp3) is 0.400. The molecule has 2 aromatic heterocycles. The van der Waals surface area contributed by atoms with Crippen LogP contribution in [0.4, 0.5) is 0 Å². The predicted molar refractivity (Wildman–Crippen MR) is 105 cm³/mol. The number of sulfonamides is 1. The standard InChI is InChI=1S/C20H24N4O3S/c1-13-5-6-16(19-9-10-21-27-19)11-20(13)28(25,26)24(17-7-8-17)12-18-14(2)22-23(4)15(18)3/h5-6,9-11,17H,7-8,12H2,1-4H3. The number of aromatic nitrogens is 3. The van der Waals surface area contributed by atoms with Crippen molar-refractivity contribution in [1.29, 1.82) is 0 Å². The van der Waals surface area contributed by atoms with Gasteiger partial charge >= 0.3 is 0 Å². The molecule has 0 radical (unpaired) electrons. The van der Waals surface area contributed by atoms with E-state index in [0.29, 0.717) is 28.3 Å². The van der Waals surface area contributed by atoms with Crippen molar-refractivity contribution in [3.63, 3.8) is 0 Å². The van der Waals surface area contributed by atoms with Crippen LogP contribution < -0.4 is 0 Å². The molecule has 0 aliphatic heterocycles. The Morgan fingerprint density at radius 1 is 1.21 bits per heavy atom. The first-order valence-corrected chi connectivity index (χ1v) is 10.8. The van der Waals surface area contributed by atoms with Crippen LogP contribution in [0.2, 0.25) is 0 Å². The zero-order chi connectivity index (χ0) is 20.1. The van der Waals surface area contributed by atoms with E-state index < -0.39 is 10.0 Å². The van der Waals surface area contributed by atoms with Gasteiger partial charge in [-0.2, -0.15) is 9.40 Å². The molecule has 8 heteroatoms. The maximum Gasteiger partial charge on any atom is 0.243 e. The van der Waals surface area contributed by atoms with Gasteiger partial charge in [0, 0.05) is 42.5 Å². The van der Waals surface area contributed by atoms with E-state index in [4.69, 9.17) is 4.52 Å². The average molecular weight is 401 g/mol. The van der Waals surface area contributed by atoms with Gasteiger partial charge < -0.3 is 4.52 Å². The van der Waals surface area contributed by atoms with E-state index in [2.05, 4.69) is 10.3 Å². The Kier molecular flexibility index (Phi) is 4.63. The molecule has 1 aliphatic rings. The van der Waals surface area contributed by atoms with Crippen LogP contribution in [0.25, 0.3) is 11.3 Å². The van der Waals surface area contributed by atoms with E-state index in [0.717, 1.165) is 29.8 Å². The maximum atomic E-state index is 13.6. The number of hydrogen-bond acceptors (Lipinski definition) is 5. The van der Waals surface area contributed by atoms with Gasteiger partial charge in [0.1, 0.15) is 0 Å². The summed E-state index contributed by atoms with van der Waals surface area (Å²) in [6, 6.07) is 7.12. The summed E-state index contributed by atoms with van der Waals surface area (Å²) in [5.74, 6) is 0.549. The summed E-state index contributed by atoms with van der Waals surface area (Å²) in [5, 5.41) is 8.16. The highest BCUT2D eigenvalue weighted by atomic mass is 32.2. The molecule has 0 N–H and O–H groups in total. The Bertz CT molecular complexity index is 1110. The van der Waals surface area contributed by atoms with Gasteiger partial charge in [-0.05, 0) is 45.2 Å². The Hall–Kier alpha value is -2.45. The molecule has 4 rings (SSSR count). The summed E-state index contributed by atoms with van der Waals surface area (Å²) in [4.78, 5) is 0.312. The van der Waals surface area contributed by atoms with Crippen molar-refractivity contribution in [1.82, 2.24) is 19.2 Å². The topological polar surface area (TPSA) is 81.2 Å². The molecule has 0 saturated heterocycles. The third-order valence-corrected chi connectivity index (χ3v) is 7.46. The Labute approximate surface area is 165 Å². The molecule has 7 nitrogen and oxygen atoms in total. The first kappa shape index (κ1) is 18.9. The van der Waals surface area contributed by atoms with Crippen LogP contribution >= 0.6 is 0 Å². The zero-order valence-electron chi connectivity index (χ0n) is 16.5. The van der Waals surface area contributed by atoms with Gasteiger partial charge in [-0.25, -0.2) is 8.42 Å². The molecule has 1 aliphatic carbocycles. The molecule has 0 unspecified atom stereocenters. The highest BCUT2D eigenvalue weighted by Gasteiger charge is 2.39. The first-order chi connectivity index (χ1) is 13.3. The molecule has 1 fully saturated rings. The quantitative estimate of drug-likeness (QED) is 0.634. The molecule has 0 spiro atoms. The highest BCUT2D eigenvalue weighted by molar-refractivity contribution is 7.89. The smallest absolute Gasteiger partial charge is 0.243 e. The van der Waals surface area contributed by atoms with E-state index >= 15 is 0 Å². The molecular formula is C20H24N4O3S. The molecule has 0 amide bonds. The second-order valence-electron chi connectivity index (χ2n) is 7.41. The SMILES string of the molecule is Cc1ccc(-c2ccno2)cc1S(=O)(=O)N(Cc1c(C)nn(C)c1C)C1CC1. The Morgan fingerprint density at radius 2 is 1.96 bits per heavy atom. The maximum absolute atomic E-state index is 13.6. The monoisotopic (exact) mass is 400 g/mol. The lowest BCUT2D eigenvalue weighted by molar-refractivity contribution is 0.397. The van der Waals surface area contributed by atoms with Crippen molar-refractivity contribution in [2.45, 2.75) is 51.1 Å². The van der Waals surface area contributed by atoms with Crippen LogP contribution in [0.1, 0.15) is 35.4 Å². The van der Waals surface area contributed by atoms with Crippen LogP contribution in [0.5, 0.6) is 0 Å². The van der Waals surface area contributed by atoms with Crippen molar-refractivity contribution in [3.05, 3.63) is 53.0 Å². The van der Waals surface area contributed by atoms with E-state index in [1.165, 1.54) is 0 Å². The lowest BCUT2D eigenvalue weighted by Gasteiger charge is -2.23. The molecule has 2 heterocycles. The first-order valence-electron chi connectivity index (χ1n) is 9.31. The second-order valence-corrected chi connectivity index (χ2v) is 9.27. The third kappa shape index (κ3) is 3.27. The largest absolute Gasteiger partial charge is 0.356 e. The van der Waals surface area contributed by atoms with E-state index in [-0.39, 0.29) is 6.04 Å². The number of benzene rings is 1. The predicted octanol–water partition coefficient (Wildman–Crippen LogP) is 3.35. The molecule has 1 aromatic carbocycles. The van der Waals surface area contributed by atoms with Crippen molar-refractivity contribution < 1.29 is 12.9 Å². The Morgan fingerprint density at radius 3 is 2.54 bits per heavy atom. The number of aryl methyl sites for hydroxylation is 3. The van der Waals surface area contributed by atoms with Crippen LogP contribution in [0, 0.1) is 20.8 Å². The number of nitrogens with zero attached hydrogens (tertiary/aromatic N) is 4. The van der Waals surface area contributed by atoms with Crippen molar-refractivity contribution in [2.24, 2.45) is 7.05 Å². The van der Waals surface area contributed by atoms with Gasteiger partial charge in [0.25, 0.3) is 0 Å². The summed E-state index contributed by atoms with van der Waals surface area (Å²) < 4.78 is 35.9. The van der Waals surface area contributed by atoms with Gasteiger partial charge in [0.15, 0.2) is 5.76 Å². The fourth-order valence-corrected chi connectivity index (χ4v) is 5.40. The minimum Gasteiger partial charge on any atom is -0.356 e. The molecule has 28 heavy (non-hydrogen) atoms. The van der Waals surface area contributed by atoms with Crippen molar-refractivity contribution >= 4 is 10.0 Å². The minimum absolute atomic E-state index is 0.0392. The van der Waals surface area contributed by atoms with Gasteiger partial charge in [-0.15, -0.1) is 0 Å². The van der Waals surface area contributed by atoms with Gasteiger partial charge in [-0.3, -0.25) is 4.68 Å². The minimum atomic E-state index is -3.67. The molecule has 3 aromatic rings. The fourth-order valence-electron chi connectivity index (χ4n) is 3.50. The number of hydrogen-bond donors (Lipinski definition) is 0. The van der Waals surface area contributed by atoms with Gasteiger partial charge in [0.2, 0.25) is 10.0 Å². The number of rotatable bonds is 6. The summed E-state index contributed by atoms with van der Waals surface area (Å²) in [6.07, 6.45) is 3.32. The second kappa shape index (κ2) is 6.86. The lowest BCUT2D eigenvalue weighted by Crippen LogP contribution is -2.33. The highest BCUT2D eigenvalue weighted by Crippen LogP contribution is 2.36. The van der Waals surface area contributed by atoms with Gasteiger partial charge in [0.05, 0.1) is 16.8 Å². The summed E-state index contributed by atoms with van der Waals surface area (Å²) >= 11 is 0. The summed E-state index contributed by atoms with van der Waals surface area (Å²) in [7, 11) is -1.79. The molecule has 1 saturated carbocycles. The van der Waals surface area contributed by atoms with Crippen molar-refractivity contribution in [2.75, 3.05) is 0 Å². The van der Waals surface area contributed by atoms with E-state index in [1.807, 2.05) is 40.0 Å². The van der Waals surface area contributed by atoms with Crippen molar-refractivity contribution in [3.8, 4) is 11.3 Å². The van der Waals surface area contributed by atoms with Crippen LogP contribution in [0.3, 0.4) is 0 Å². The van der Waals surface area contributed by atoms with Crippen LogP contribution in [-0.4, -0.2) is 33.7 Å². The molecule has 148 valence electrons. The summed E-state index contributed by atoms with van der Waals surface area (Å²) in [5.41, 5.74) is 4.25. The average Bonchev–Trinajstić information content (AvgIpc) is 3.26. The van der Waals surface area contributed by atoms with Crippen LogP contribution in [0.15, 0.2) is 39.9 Å². The third-order valence-electron chi connectivity index (χ3n) is 5.42. The lowest BCUT2D eigenvalue weighted by atomic mass is 10.1. The summed E-state index contributed by atoms with van der Waals surface area (Å²) in [6.45, 7) is 6.06. The molecule has 0 bridgehead atoms. The molecular weight excluding hydrogens is 376 g/mol. The normalized spacial score (nSPS) is 14.8. The Balaban J connectivity index is 1.76. The van der Waals surface area contributed by atoms with Crippen LogP contribution in [-0.2, 0) is 23.6 Å². The van der Waals surface area contributed by atoms with E-state index in [1.54, 1.807) is 27.3 Å². The van der Waals surface area contributed by atoms with E-state index in [9.17, 15) is 8.42 Å².